The van der Waals surface area contributed by atoms with Crippen LogP contribution in [0.2, 0.25) is 5.02 Å². The van der Waals surface area contributed by atoms with E-state index in [1.807, 2.05) is 0 Å². The van der Waals surface area contributed by atoms with Gasteiger partial charge in [0, 0.05) is 6.54 Å². The molecule has 0 radical (unpaired) electrons. The lowest BCUT2D eigenvalue weighted by Gasteiger charge is -2.18. The first-order valence-electron chi connectivity index (χ1n) is 7.27. The number of nitrogens with zero attached hydrogens (tertiary/aromatic N) is 1. The summed E-state index contributed by atoms with van der Waals surface area (Å²) in [6, 6.07) is 9.14. The second kappa shape index (κ2) is 6.47. The van der Waals surface area contributed by atoms with Crippen LogP contribution in [-0.2, 0) is 20.0 Å². The Morgan fingerprint density at radius 3 is 2.56 bits per heavy atom. The Bertz CT molecular complexity index is 1030. The Hall–Kier alpha value is -1.84. The van der Waals surface area contributed by atoms with Crippen LogP contribution in [0.1, 0.15) is 6.42 Å². The summed E-state index contributed by atoms with van der Waals surface area (Å²) < 4.78 is 65.6. The quantitative estimate of drug-likeness (QED) is 0.849. The van der Waals surface area contributed by atoms with E-state index in [4.69, 9.17) is 11.6 Å². The van der Waals surface area contributed by atoms with E-state index in [9.17, 15) is 21.2 Å². The van der Waals surface area contributed by atoms with Crippen molar-refractivity contribution < 1.29 is 21.2 Å². The van der Waals surface area contributed by atoms with Crippen LogP contribution in [0.3, 0.4) is 0 Å². The van der Waals surface area contributed by atoms with E-state index in [0.29, 0.717) is 18.7 Å². The molecule has 134 valence electrons. The van der Waals surface area contributed by atoms with Gasteiger partial charge in [0.05, 0.1) is 27.0 Å². The van der Waals surface area contributed by atoms with E-state index in [-0.39, 0.29) is 21.4 Å². The third kappa shape index (κ3) is 3.73. The summed E-state index contributed by atoms with van der Waals surface area (Å²) in [6.45, 7) is 0.353. The zero-order chi connectivity index (χ0) is 18.2. The van der Waals surface area contributed by atoms with Crippen LogP contribution in [-0.4, -0.2) is 29.1 Å². The average Bonchev–Trinajstić information content (AvgIpc) is 2.89. The van der Waals surface area contributed by atoms with E-state index in [2.05, 4.69) is 4.72 Å². The molecule has 0 saturated carbocycles. The summed E-state index contributed by atoms with van der Waals surface area (Å²) in [5.74, 6) is -0.654. The summed E-state index contributed by atoms with van der Waals surface area (Å²) in [7, 11) is -7.36. The van der Waals surface area contributed by atoms with Gasteiger partial charge >= 0.3 is 0 Å². The fourth-order valence-electron chi connectivity index (χ4n) is 2.51. The molecule has 3 rings (SSSR count). The first kappa shape index (κ1) is 18.0. The van der Waals surface area contributed by atoms with Crippen molar-refractivity contribution in [2.45, 2.75) is 11.3 Å². The van der Waals surface area contributed by atoms with Gasteiger partial charge in [-0.2, -0.15) is 0 Å². The summed E-state index contributed by atoms with van der Waals surface area (Å²) in [5, 5.41) is -0.306. The topological polar surface area (TPSA) is 83.6 Å². The number of anilines is 2. The minimum Gasteiger partial charge on any atom is -0.280 e. The highest BCUT2D eigenvalue weighted by atomic mass is 35.5. The molecule has 1 N–H and O–H groups in total. The highest BCUT2D eigenvalue weighted by Gasteiger charge is 2.28. The van der Waals surface area contributed by atoms with E-state index < -0.39 is 25.9 Å². The van der Waals surface area contributed by atoms with Crippen LogP contribution < -0.4 is 9.03 Å². The maximum absolute atomic E-state index is 13.2. The fourth-order valence-corrected chi connectivity index (χ4v) is 5.39. The van der Waals surface area contributed by atoms with Gasteiger partial charge in [-0.05, 0) is 42.8 Å². The highest BCUT2D eigenvalue weighted by Crippen LogP contribution is 2.28. The number of sulfonamides is 2. The number of halogens is 2. The molecular formula is C15H14ClFN2O4S2. The van der Waals surface area contributed by atoms with Crippen molar-refractivity contribution in [3.63, 3.8) is 0 Å². The fraction of sp³-hybridized carbons (Fsp3) is 0.200. The van der Waals surface area contributed by atoms with Gasteiger partial charge in [-0.15, -0.1) is 0 Å². The van der Waals surface area contributed by atoms with Gasteiger partial charge in [0.15, 0.2) is 0 Å². The molecule has 1 aliphatic heterocycles. The molecule has 0 bridgehead atoms. The van der Waals surface area contributed by atoms with Gasteiger partial charge in [0.1, 0.15) is 5.82 Å². The van der Waals surface area contributed by atoms with Crippen LogP contribution in [0, 0.1) is 5.82 Å². The SMILES string of the molecule is O=S(=O)(Nc1cccc(N2CCCS2(=O)=O)c1)c1ccc(F)c(Cl)c1. The Kier molecular flexibility index (Phi) is 4.65. The van der Waals surface area contributed by atoms with Crippen LogP contribution in [0.4, 0.5) is 15.8 Å². The van der Waals surface area contributed by atoms with Crippen molar-refractivity contribution in [3.05, 3.63) is 53.3 Å². The maximum Gasteiger partial charge on any atom is 0.261 e. The minimum atomic E-state index is -3.99. The number of rotatable bonds is 4. The van der Waals surface area contributed by atoms with Gasteiger partial charge in [-0.1, -0.05) is 17.7 Å². The third-order valence-electron chi connectivity index (χ3n) is 3.69. The van der Waals surface area contributed by atoms with Crippen LogP contribution in [0.15, 0.2) is 47.4 Å². The second-order valence-electron chi connectivity index (χ2n) is 5.47. The lowest BCUT2D eigenvalue weighted by molar-refractivity contribution is 0.598. The number of hydrogen-bond donors (Lipinski definition) is 1. The standard InChI is InChI=1S/C15H14ClFN2O4S2/c16-14-10-13(5-6-15(14)17)25(22,23)18-11-3-1-4-12(9-11)19-7-2-8-24(19,20)21/h1,3-6,9-10,18H,2,7-8H2. The Morgan fingerprint density at radius 2 is 1.92 bits per heavy atom. The van der Waals surface area contributed by atoms with Crippen molar-refractivity contribution in [1.29, 1.82) is 0 Å². The summed E-state index contributed by atoms with van der Waals surface area (Å²) in [6.07, 6.45) is 0.520. The van der Waals surface area contributed by atoms with Crippen molar-refractivity contribution in [2.24, 2.45) is 0 Å². The zero-order valence-corrected chi connectivity index (χ0v) is 15.2. The number of benzene rings is 2. The average molecular weight is 405 g/mol. The minimum absolute atomic E-state index is 0.0665. The summed E-state index contributed by atoms with van der Waals surface area (Å²) >= 11 is 5.62. The lowest BCUT2D eigenvalue weighted by atomic mass is 10.3. The molecule has 1 saturated heterocycles. The molecule has 0 atom stereocenters. The largest absolute Gasteiger partial charge is 0.280 e. The zero-order valence-electron chi connectivity index (χ0n) is 12.8. The summed E-state index contributed by atoms with van der Waals surface area (Å²) in [5.41, 5.74) is 0.579. The van der Waals surface area contributed by atoms with Crippen molar-refractivity contribution in [3.8, 4) is 0 Å². The molecule has 2 aromatic rings. The van der Waals surface area contributed by atoms with Crippen molar-refractivity contribution in [2.75, 3.05) is 21.3 Å². The molecule has 1 aliphatic rings. The van der Waals surface area contributed by atoms with Gasteiger partial charge in [-0.3, -0.25) is 9.03 Å². The molecule has 0 spiro atoms. The summed E-state index contributed by atoms with van der Waals surface area (Å²) in [4.78, 5) is -0.196. The number of hydrogen-bond acceptors (Lipinski definition) is 4. The van der Waals surface area contributed by atoms with Crippen molar-refractivity contribution in [1.82, 2.24) is 0 Å². The first-order valence-corrected chi connectivity index (χ1v) is 10.7. The van der Waals surface area contributed by atoms with Gasteiger partial charge < -0.3 is 0 Å². The first-order chi connectivity index (χ1) is 11.7. The Labute approximate surface area is 150 Å². The van der Waals surface area contributed by atoms with Gasteiger partial charge in [0.25, 0.3) is 10.0 Å². The maximum atomic E-state index is 13.2. The molecule has 10 heteroatoms. The molecule has 25 heavy (non-hydrogen) atoms. The lowest BCUT2D eigenvalue weighted by Crippen LogP contribution is -2.25. The van der Waals surface area contributed by atoms with E-state index in [1.54, 1.807) is 12.1 Å². The molecule has 0 amide bonds. The number of nitrogens with one attached hydrogen (secondary N) is 1. The van der Waals surface area contributed by atoms with E-state index in [0.717, 1.165) is 18.2 Å². The van der Waals surface area contributed by atoms with Crippen LogP contribution in [0.25, 0.3) is 0 Å². The third-order valence-corrected chi connectivity index (χ3v) is 7.23. The molecule has 6 nitrogen and oxygen atoms in total. The molecule has 0 aromatic heterocycles. The van der Waals surface area contributed by atoms with E-state index >= 15 is 0 Å². The van der Waals surface area contributed by atoms with Gasteiger partial charge in [0.2, 0.25) is 10.0 Å². The predicted molar refractivity (Wildman–Crippen MR) is 94.4 cm³/mol. The van der Waals surface area contributed by atoms with Crippen LogP contribution in [0.5, 0.6) is 0 Å². The molecule has 2 aromatic carbocycles. The molecule has 0 aliphatic carbocycles. The van der Waals surface area contributed by atoms with E-state index in [1.165, 1.54) is 16.4 Å². The van der Waals surface area contributed by atoms with Crippen LogP contribution >= 0.6 is 11.6 Å². The normalized spacial score (nSPS) is 16.8. The van der Waals surface area contributed by atoms with Gasteiger partial charge in [-0.25, -0.2) is 21.2 Å². The second-order valence-corrected chi connectivity index (χ2v) is 9.58. The highest BCUT2D eigenvalue weighted by molar-refractivity contribution is 7.93. The molecule has 1 heterocycles. The van der Waals surface area contributed by atoms with Crippen molar-refractivity contribution >= 4 is 43.0 Å². The smallest absolute Gasteiger partial charge is 0.261 e. The molecular weight excluding hydrogens is 391 g/mol. The monoisotopic (exact) mass is 404 g/mol. The Balaban J connectivity index is 1.90. The predicted octanol–water partition coefficient (Wildman–Crippen LogP) is 2.82. The molecule has 0 unspecified atom stereocenters. The molecule has 1 fully saturated rings. The Morgan fingerprint density at radius 1 is 1.16 bits per heavy atom.